The van der Waals surface area contributed by atoms with Crippen molar-refractivity contribution in [2.24, 2.45) is 0 Å². The van der Waals surface area contributed by atoms with E-state index in [9.17, 15) is 9.18 Å². The van der Waals surface area contributed by atoms with E-state index in [4.69, 9.17) is 0 Å². The first-order chi connectivity index (χ1) is 7.58. The first kappa shape index (κ1) is 12.8. The van der Waals surface area contributed by atoms with Gasteiger partial charge in [0, 0.05) is 12.5 Å². The number of rotatable bonds is 6. The predicted octanol–water partition coefficient (Wildman–Crippen LogP) is 2.33. The molecule has 0 heterocycles. The summed E-state index contributed by atoms with van der Waals surface area (Å²) < 4.78 is 12.8. The van der Waals surface area contributed by atoms with Gasteiger partial charge in [0.15, 0.2) is 0 Å². The molecule has 0 unspecified atom stereocenters. The molecule has 3 heteroatoms. The van der Waals surface area contributed by atoms with Crippen LogP contribution in [0.15, 0.2) is 24.3 Å². The minimum atomic E-state index is -0.245. The number of halogens is 1. The fraction of sp³-hybridized carbons (Fsp3) is 0.462. The number of ketones is 1. The zero-order chi connectivity index (χ0) is 12.0. The van der Waals surface area contributed by atoms with E-state index in [1.54, 1.807) is 6.07 Å². The lowest BCUT2D eigenvalue weighted by Crippen LogP contribution is -2.29. The largest absolute Gasteiger partial charge is 0.308 e. The van der Waals surface area contributed by atoms with Gasteiger partial charge in [-0.2, -0.15) is 0 Å². The number of carbonyl (C=O) groups excluding carboxylic acids is 1. The van der Waals surface area contributed by atoms with E-state index in [1.165, 1.54) is 12.1 Å². The topological polar surface area (TPSA) is 29.1 Å². The van der Waals surface area contributed by atoms with Crippen molar-refractivity contribution < 1.29 is 9.18 Å². The van der Waals surface area contributed by atoms with Crippen molar-refractivity contribution >= 4 is 5.78 Å². The van der Waals surface area contributed by atoms with E-state index in [-0.39, 0.29) is 11.6 Å². The Kier molecular flexibility index (Phi) is 5.12. The maximum absolute atomic E-state index is 12.8. The number of Topliss-reactive ketones (excluding diaryl/α,β-unsaturated/α-hetero) is 1. The molecule has 0 bridgehead atoms. The number of hydrogen-bond acceptors (Lipinski definition) is 2. The molecule has 1 rings (SSSR count). The molecular formula is C13H18FNO. The third kappa shape index (κ3) is 5.03. The van der Waals surface area contributed by atoms with E-state index in [2.05, 4.69) is 5.32 Å². The van der Waals surface area contributed by atoms with Gasteiger partial charge in [0.1, 0.15) is 11.6 Å². The maximum atomic E-state index is 12.8. The second-order valence-corrected chi connectivity index (χ2v) is 4.20. The van der Waals surface area contributed by atoms with Gasteiger partial charge in [0.2, 0.25) is 0 Å². The molecule has 0 aliphatic carbocycles. The molecule has 0 fully saturated rings. The Balaban J connectivity index is 2.31. The fourth-order valence-corrected chi connectivity index (χ4v) is 1.38. The molecule has 1 aromatic carbocycles. The summed E-state index contributed by atoms with van der Waals surface area (Å²) in [6.45, 7) is 4.40. The van der Waals surface area contributed by atoms with E-state index < -0.39 is 0 Å². The summed E-state index contributed by atoms with van der Waals surface area (Å²) >= 11 is 0. The predicted molar refractivity (Wildman–Crippen MR) is 62.9 cm³/mol. The van der Waals surface area contributed by atoms with Gasteiger partial charge in [0.05, 0.1) is 6.54 Å². The van der Waals surface area contributed by atoms with Crippen molar-refractivity contribution in [3.63, 3.8) is 0 Å². The van der Waals surface area contributed by atoms with Gasteiger partial charge in [-0.25, -0.2) is 4.39 Å². The van der Waals surface area contributed by atoms with Crippen LogP contribution in [0, 0.1) is 5.82 Å². The monoisotopic (exact) mass is 223 g/mol. The number of nitrogens with one attached hydrogen (secondary N) is 1. The van der Waals surface area contributed by atoms with Crippen LogP contribution in [0.3, 0.4) is 0 Å². The van der Waals surface area contributed by atoms with Crippen LogP contribution >= 0.6 is 0 Å². The van der Waals surface area contributed by atoms with Crippen LogP contribution in [0.4, 0.5) is 4.39 Å². The lowest BCUT2D eigenvalue weighted by atomic mass is 10.1. The van der Waals surface area contributed by atoms with Crippen LogP contribution in [-0.4, -0.2) is 18.4 Å². The molecule has 0 aliphatic heterocycles. The summed E-state index contributed by atoms with van der Waals surface area (Å²) in [7, 11) is 0. The van der Waals surface area contributed by atoms with E-state index in [0.29, 0.717) is 25.4 Å². The summed E-state index contributed by atoms with van der Waals surface area (Å²) in [5.41, 5.74) is 0.873. The lowest BCUT2D eigenvalue weighted by molar-refractivity contribution is -0.118. The second kappa shape index (κ2) is 6.38. The van der Waals surface area contributed by atoms with Gasteiger partial charge >= 0.3 is 0 Å². The Hall–Kier alpha value is -1.22. The van der Waals surface area contributed by atoms with Crippen molar-refractivity contribution in [3.05, 3.63) is 35.6 Å². The van der Waals surface area contributed by atoms with E-state index in [0.717, 1.165) is 5.56 Å². The van der Waals surface area contributed by atoms with Crippen LogP contribution in [0.2, 0.25) is 0 Å². The summed E-state index contributed by atoms with van der Waals surface area (Å²) in [4.78, 5) is 11.4. The molecule has 88 valence electrons. The second-order valence-electron chi connectivity index (χ2n) is 4.20. The zero-order valence-corrected chi connectivity index (χ0v) is 9.79. The lowest BCUT2D eigenvalue weighted by Gasteiger charge is -2.06. The standard InChI is InChI=1S/C13H18FNO/c1-10(2)15-9-13(16)7-6-11-4-3-5-12(14)8-11/h3-5,8,10,15H,6-7,9H2,1-2H3. The van der Waals surface area contributed by atoms with Crippen LogP contribution in [0.5, 0.6) is 0 Å². The molecule has 16 heavy (non-hydrogen) atoms. The minimum Gasteiger partial charge on any atom is -0.308 e. The molecule has 0 aliphatic rings. The molecular weight excluding hydrogens is 205 g/mol. The molecule has 0 radical (unpaired) electrons. The highest BCUT2D eigenvalue weighted by molar-refractivity contribution is 5.80. The van der Waals surface area contributed by atoms with Crippen LogP contribution < -0.4 is 5.32 Å². The summed E-state index contributed by atoms with van der Waals surface area (Å²) in [6, 6.07) is 6.71. The number of hydrogen-bond donors (Lipinski definition) is 1. The third-order valence-electron chi connectivity index (χ3n) is 2.29. The molecule has 2 nitrogen and oxygen atoms in total. The highest BCUT2D eigenvalue weighted by Crippen LogP contribution is 2.06. The van der Waals surface area contributed by atoms with Crippen molar-refractivity contribution in [1.82, 2.24) is 5.32 Å². The third-order valence-corrected chi connectivity index (χ3v) is 2.29. The quantitative estimate of drug-likeness (QED) is 0.802. The molecule has 0 saturated heterocycles. The first-order valence-electron chi connectivity index (χ1n) is 5.57. The Labute approximate surface area is 95.9 Å². The van der Waals surface area contributed by atoms with Crippen molar-refractivity contribution in [3.8, 4) is 0 Å². The minimum absolute atomic E-state index is 0.165. The zero-order valence-electron chi connectivity index (χ0n) is 9.79. The Morgan fingerprint density at radius 2 is 2.19 bits per heavy atom. The van der Waals surface area contributed by atoms with Crippen molar-refractivity contribution in [2.45, 2.75) is 32.7 Å². The van der Waals surface area contributed by atoms with Crippen molar-refractivity contribution in [2.75, 3.05) is 6.54 Å². The first-order valence-corrected chi connectivity index (χ1v) is 5.57. The molecule has 1 N–H and O–H groups in total. The fourth-order valence-electron chi connectivity index (χ4n) is 1.38. The highest BCUT2D eigenvalue weighted by Gasteiger charge is 2.03. The smallest absolute Gasteiger partial charge is 0.146 e. The normalized spacial score (nSPS) is 10.8. The molecule has 0 saturated carbocycles. The van der Waals surface area contributed by atoms with Crippen LogP contribution in [-0.2, 0) is 11.2 Å². The number of aryl methyl sites for hydroxylation is 1. The Morgan fingerprint density at radius 3 is 2.81 bits per heavy atom. The summed E-state index contributed by atoms with van der Waals surface area (Å²) in [6.07, 6.45) is 1.07. The maximum Gasteiger partial charge on any atom is 0.146 e. The molecule has 0 amide bonds. The van der Waals surface area contributed by atoms with Gasteiger partial charge in [-0.15, -0.1) is 0 Å². The summed E-state index contributed by atoms with van der Waals surface area (Å²) in [5.74, 6) is -0.0804. The SMILES string of the molecule is CC(C)NCC(=O)CCc1cccc(F)c1. The van der Waals surface area contributed by atoms with Gasteiger partial charge in [-0.05, 0) is 24.1 Å². The molecule has 1 aromatic rings. The van der Waals surface area contributed by atoms with Crippen molar-refractivity contribution in [1.29, 1.82) is 0 Å². The average molecular weight is 223 g/mol. The van der Waals surface area contributed by atoms with E-state index in [1.807, 2.05) is 19.9 Å². The average Bonchev–Trinajstić information content (AvgIpc) is 2.23. The number of carbonyl (C=O) groups is 1. The van der Waals surface area contributed by atoms with E-state index >= 15 is 0 Å². The summed E-state index contributed by atoms with van der Waals surface area (Å²) in [5, 5.41) is 3.07. The molecule has 0 aromatic heterocycles. The Bertz CT molecular complexity index is 350. The van der Waals surface area contributed by atoms with Gasteiger partial charge in [0.25, 0.3) is 0 Å². The van der Waals surface area contributed by atoms with Crippen LogP contribution in [0.1, 0.15) is 25.8 Å². The van der Waals surface area contributed by atoms with Crippen LogP contribution in [0.25, 0.3) is 0 Å². The van der Waals surface area contributed by atoms with Gasteiger partial charge in [-0.1, -0.05) is 26.0 Å². The molecule has 0 spiro atoms. The van der Waals surface area contributed by atoms with Gasteiger partial charge in [-0.3, -0.25) is 4.79 Å². The highest BCUT2D eigenvalue weighted by atomic mass is 19.1. The molecule has 0 atom stereocenters. The van der Waals surface area contributed by atoms with Gasteiger partial charge < -0.3 is 5.32 Å². The Morgan fingerprint density at radius 1 is 1.44 bits per heavy atom. The number of benzene rings is 1.